The summed E-state index contributed by atoms with van der Waals surface area (Å²) in [5.74, 6) is 2.82. The highest BCUT2D eigenvalue weighted by molar-refractivity contribution is 7.99. The smallest absolute Gasteiger partial charge is 0.234 e. The molecule has 122 valence electrons. The molecule has 2 aromatic carbocycles. The van der Waals surface area contributed by atoms with E-state index >= 15 is 0 Å². The predicted molar refractivity (Wildman–Crippen MR) is 95.5 cm³/mol. The number of hydrogen-bond acceptors (Lipinski definition) is 4. The summed E-state index contributed by atoms with van der Waals surface area (Å²) in [5, 5.41) is 2.86. The molecular weight excluding hydrogens is 310 g/mol. The molecule has 0 aliphatic rings. The van der Waals surface area contributed by atoms with Crippen LogP contribution in [0.2, 0.25) is 0 Å². The Labute approximate surface area is 141 Å². The molecule has 0 aromatic heterocycles. The summed E-state index contributed by atoms with van der Waals surface area (Å²) in [7, 11) is 0. The lowest BCUT2D eigenvalue weighted by Crippen LogP contribution is -2.15. The molecule has 0 aliphatic heterocycles. The van der Waals surface area contributed by atoms with Crippen LogP contribution in [0.4, 0.5) is 5.69 Å². The topological polar surface area (TPSA) is 47.6 Å². The zero-order chi connectivity index (χ0) is 16.3. The second-order valence-corrected chi connectivity index (χ2v) is 5.82. The summed E-state index contributed by atoms with van der Waals surface area (Å²) >= 11 is 1.55. The van der Waals surface area contributed by atoms with Gasteiger partial charge in [-0.05, 0) is 43.3 Å². The molecule has 0 fully saturated rings. The number of carbonyl (C=O) groups is 1. The van der Waals surface area contributed by atoms with Crippen molar-refractivity contribution in [1.82, 2.24) is 0 Å². The highest BCUT2D eigenvalue weighted by atomic mass is 32.2. The summed E-state index contributed by atoms with van der Waals surface area (Å²) in [6.07, 6.45) is 0. The van der Waals surface area contributed by atoms with Crippen LogP contribution in [0, 0.1) is 0 Å². The van der Waals surface area contributed by atoms with E-state index in [2.05, 4.69) is 5.32 Å². The van der Waals surface area contributed by atoms with Gasteiger partial charge in [-0.1, -0.05) is 18.2 Å². The molecular formula is C18H21NO3S. The van der Waals surface area contributed by atoms with Gasteiger partial charge in [0.25, 0.3) is 0 Å². The van der Waals surface area contributed by atoms with Gasteiger partial charge in [-0.2, -0.15) is 0 Å². The summed E-state index contributed by atoms with van der Waals surface area (Å²) in [4.78, 5) is 11.9. The van der Waals surface area contributed by atoms with Crippen molar-refractivity contribution in [1.29, 1.82) is 0 Å². The molecule has 0 bridgehead atoms. The molecule has 0 saturated heterocycles. The third-order valence-electron chi connectivity index (χ3n) is 2.92. The molecule has 0 saturated carbocycles. The maximum absolute atomic E-state index is 11.9. The van der Waals surface area contributed by atoms with E-state index in [4.69, 9.17) is 9.47 Å². The summed E-state index contributed by atoms with van der Waals surface area (Å²) in [5.41, 5.74) is 0.777. The third kappa shape index (κ3) is 6.65. The van der Waals surface area contributed by atoms with E-state index in [-0.39, 0.29) is 5.91 Å². The number of nitrogens with one attached hydrogen (secondary N) is 1. The van der Waals surface area contributed by atoms with E-state index in [1.54, 1.807) is 11.8 Å². The Morgan fingerprint density at radius 3 is 2.39 bits per heavy atom. The minimum Gasteiger partial charge on any atom is -0.494 e. The van der Waals surface area contributed by atoms with Crippen molar-refractivity contribution in [2.75, 3.05) is 30.0 Å². The minimum absolute atomic E-state index is 0.0149. The Bertz CT molecular complexity index is 587. The lowest BCUT2D eigenvalue weighted by molar-refractivity contribution is -0.113. The first-order chi connectivity index (χ1) is 11.3. The third-order valence-corrected chi connectivity index (χ3v) is 3.84. The maximum Gasteiger partial charge on any atom is 0.234 e. The number of anilines is 1. The van der Waals surface area contributed by atoms with Crippen LogP contribution < -0.4 is 14.8 Å². The van der Waals surface area contributed by atoms with Crippen molar-refractivity contribution in [2.24, 2.45) is 0 Å². The van der Waals surface area contributed by atoms with Crippen molar-refractivity contribution in [3.05, 3.63) is 54.6 Å². The Hall–Kier alpha value is -2.14. The zero-order valence-corrected chi connectivity index (χ0v) is 14.0. The second kappa shape index (κ2) is 9.79. The normalized spacial score (nSPS) is 10.1. The van der Waals surface area contributed by atoms with Gasteiger partial charge < -0.3 is 14.8 Å². The first-order valence-electron chi connectivity index (χ1n) is 7.56. The highest BCUT2D eigenvalue weighted by Gasteiger charge is 2.03. The fourth-order valence-corrected chi connectivity index (χ4v) is 2.50. The number of rotatable bonds is 9. The molecule has 0 unspecified atom stereocenters. The lowest BCUT2D eigenvalue weighted by atomic mass is 10.3. The quantitative estimate of drug-likeness (QED) is 0.709. The largest absolute Gasteiger partial charge is 0.494 e. The number of ether oxygens (including phenoxy) is 2. The number of amides is 1. The zero-order valence-electron chi connectivity index (χ0n) is 13.2. The Morgan fingerprint density at radius 1 is 1.00 bits per heavy atom. The minimum atomic E-state index is -0.0149. The van der Waals surface area contributed by atoms with Crippen LogP contribution in [0.15, 0.2) is 54.6 Å². The average Bonchev–Trinajstić information content (AvgIpc) is 2.57. The molecule has 2 aromatic rings. The van der Waals surface area contributed by atoms with E-state index in [0.717, 1.165) is 22.9 Å². The fourth-order valence-electron chi connectivity index (χ4n) is 1.90. The average molecular weight is 331 g/mol. The van der Waals surface area contributed by atoms with Gasteiger partial charge in [0.2, 0.25) is 5.91 Å². The van der Waals surface area contributed by atoms with Gasteiger partial charge in [0.05, 0.1) is 19.0 Å². The van der Waals surface area contributed by atoms with Crippen LogP contribution in [-0.4, -0.2) is 30.6 Å². The van der Waals surface area contributed by atoms with Crippen molar-refractivity contribution in [3.8, 4) is 11.5 Å². The summed E-state index contributed by atoms with van der Waals surface area (Å²) in [6.45, 7) is 3.16. The number of carbonyl (C=O) groups excluding carboxylic acids is 1. The molecule has 1 N–H and O–H groups in total. The molecule has 23 heavy (non-hydrogen) atoms. The highest BCUT2D eigenvalue weighted by Crippen LogP contribution is 2.16. The molecule has 0 spiro atoms. The Kier molecular flexibility index (Phi) is 7.33. The predicted octanol–water partition coefficient (Wildman–Crippen LogP) is 3.84. The van der Waals surface area contributed by atoms with Crippen LogP contribution in [0.1, 0.15) is 6.92 Å². The Morgan fingerprint density at radius 2 is 1.70 bits per heavy atom. The molecule has 2 rings (SSSR count). The van der Waals surface area contributed by atoms with Crippen molar-refractivity contribution in [2.45, 2.75) is 6.92 Å². The van der Waals surface area contributed by atoms with Gasteiger partial charge in [-0.15, -0.1) is 11.8 Å². The summed E-state index contributed by atoms with van der Waals surface area (Å²) in [6, 6.07) is 17.0. The number of benzene rings is 2. The number of thioether (sulfide) groups is 1. The van der Waals surface area contributed by atoms with E-state index in [0.29, 0.717) is 19.0 Å². The number of hydrogen-bond donors (Lipinski definition) is 1. The molecule has 0 radical (unpaired) electrons. The van der Waals surface area contributed by atoms with E-state index in [1.165, 1.54) is 0 Å². The monoisotopic (exact) mass is 331 g/mol. The van der Waals surface area contributed by atoms with Gasteiger partial charge in [-0.3, -0.25) is 4.79 Å². The SMILES string of the molecule is CCOc1ccc(NC(=O)CSCCOc2ccccc2)cc1. The molecule has 5 heteroatoms. The van der Waals surface area contributed by atoms with Gasteiger partial charge in [0, 0.05) is 11.4 Å². The second-order valence-electron chi connectivity index (χ2n) is 4.72. The molecule has 0 heterocycles. The molecule has 4 nitrogen and oxygen atoms in total. The van der Waals surface area contributed by atoms with Gasteiger partial charge in [0.15, 0.2) is 0 Å². The summed E-state index contributed by atoms with van der Waals surface area (Å²) < 4.78 is 10.9. The van der Waals surface area contributed by atoms with Crippen molar-refractivity contribution >= 4 is 23.4 Å². The Balaban J connectivity index is 1.61. The lowest BCUT2D eigenvalue weighted by Gasteiger charge is -2.08. The van der Waals surface area contributed by atoms with Gasteiger partial charge in [-0.25, -0.2) is 0 Å². The van der Waals surface area contributed by atoms with E-state index < -0.39 is 0 Å². The van der Waals surface area contributed by atoms with E-state index in [9.17, 15) is 4.79 Å². The molecule has 1 amide bonds. The van der Waals surface area contributed by atoms with Crippen LogP contribution in [-0.2, 0) is 4.79 Å². The number of para-hydroxylation sites is 1. The fraction of sp³-hybridized carbons (Fsp3) is 0.278. The molecule has 0 atom stereocenters. The van der Waals surface area contributed by atoms with Gasteiger partial charge >= 0.3 is 0 Å². The van der Waals surface area contributed by atoms with Crippen LogP contribution in [0.25, 0.3) is 0 Å². The maximum atomic E-state index is 11.9. The van der Waals surface area contributed by atoms with Gasteiger partial charge in [0.1, 0.15) is 11.5 Å². The van der Waals surface area contributed by atoms with Crippen LogP contribution >= 0.6 is 11.8 Å². The van der Waals surface area contributed by atoms with E-state index in [1.807, 2.05) is 61.5 Å². The van der Waals surface area contributed by atoms with Crippen LogP contribution in [0.5, 0.6) is 11.5 Å². The first-order valence-corrected chi connectivity index (χ1v) is 8.71. The van der Waals surface area contributed by atoms with Crippen molar-refractivity contribution < 1.29 is 14.3 Å². The first kappa shape index (κ1) is 17.2. The van der Waals surface area contributed by atoms with Crippen LogP contribution in [0.3, 0.4) is 0 Å². The molecule has 0 aliphatic carbocycles. The standard InChI is InChI=1S/C18H21NO3S/c1-2-21-17-10-8-15(9-11-17)19-18(20)14-23-13-12-22-16-6-4-3-5-7-16/h3-11H,2,12-14H2,1H3,(H,19,20). The van der Waals surface area contributed by atoms with Crippen molar-refractivity contribution in [3.63, 3.8) is 0 Å².